The van der Waals surface area contributed by atoms with Crippen LogP contribution in [0.4, 0.5) is 5.82 Å². The Hall–Kier alpha value is -1.46. The van der Waals surface area contributed by atoms with Gasteiger partial charge in [0.05, 0.1) is 11.7 Å². The molecule has 0 aromatic carbocycles. The highest BCUT2D eigenvalue weighted by molar-refractivity contribution is 5.82. The monoisotopic (exact) mass is 333 g/mol. The second-order valence-corrected chi connectivity index (χ2v) is 6.74. The second kappa shape index (κ2) is 9.74. The Morgan fingerprint density at radius 2 is 2.12 bits per heavy atom. The van der Waals surface area contributed by atoms with Crippen LogP contribution in [0, 0.1) is 6.92 Å². The van der Waals surface area contributed by atoms with Gasteiger partial charge in [0.25, 0.3) is 0 Å². The minimum Gasteiger partial charge on any atom is -0.378 e. The maximum atomic E-state index is 11.2. The van der Waals surface area contributed by atoms with Crippen LogP contribution >= 0.6 is 0 Å². The Balaban J connectivity index is 1.95. The number of aldehydes is 1. The van der Waals surface area contributed by atoms with Crippen LogP contribution in [-0.2, 0) is 4.74 Å². The van der Waals surface area contributed by atoms with Crippen LogP contribution in [0.3, 0.4) is 0 Å². The van der Waals surface area contributed by atoms with Crippen LogP contribution < -0.4 is 10.6 Å². The van der Waals surface area contributed by atoms with Gasteiger partial charge in [-0.25, -0.2) is 4.98 Å². The molecule has 0 aliphatic heterocycles. The van der Waals surface area contributed by atoms with Gasteiger partial charge in [-0.05, 0) is 37.8 Å². The van der Waals surface area contributed by atoms with Crippen molar-refractivity contribution in [1.82, 2.24) is 10.3 Å². The number of hydrogen-bond donors (Lipinski definition) is 2. The van der Waals surface area contributed by atoms with Gasteiger partial charge in [0.2, 0.25) is 0 Å². The van der Waals surface area contributed by atoms with Crippen molar-refractivity contribution in [2.24, 2.45) is 0 Å². The predicted octanol–water partition coefficient (Wildman–Crippen LogP) is 3.33. The van der Waals surface area contributed by atoms with E-state index in [1.54, 1.807) is 13.3 Å². The molecule has 0 bridgehead atoms. The zero-order chi connectivity index (χ0) is 17.4. The van der Waals surface area contributed by atoms with Crippen LogP contribution in [0.15, 0.2) is 12.3 Å². The van der Waals surface area contributed by atoms with Gasteiger partial charge in [-0.15, -0.1) is 0 Å². The first-order chi connectivity index (χ1) is 11.7. The lowest BCUT2D eigenvalue weighted by atomic mass is 9.94. The van der Waals surface area contributed by atoms with E-state index in [1.807, 2.05) is 13.0 Å². The van der Waals surface area contributed by atoms with Crippen LogP contribution in [-0.4, -0.2) is 43.1 Å². The minimum absolute atomic E-state index is 0.0412. The topological polar surface area (TPSA) is 63.2 Å². The number of pyridine rings is 1. The Morgan fingerprint density at radius 1 is 1.38 bits per heavy atom. The highest BCUT2D eigenvalue weighted by Gasteiger charge is 2.24. The summed E-state index contributed by atoms with van der Waals surface area (Å²) in [6.45, 7) is 4.75. The fourth-order valence-electron chi connectivity index (χ4n) is 3.48. The summed E-state index contributed by atoms with van der Waals surface area (Å²) in [6.07, 6.45) is 10.2. The molecule has 1 aromatic heterocycles. The van der Waals surface area contributed by atoms with Crippen LogP contribution in [0.25, 0.3) is 0 Å². The third-order valence-electron chi connectivity index (χ3n) is 4.90. The molecule has 2 N–H and O–H groups in total. The Morgan fingerprint density at radius 3 is 2.75 bits per heavy atom. The second-order valence-electron chi connectivity index (χ2n) is 6.74. The van der Waals surface area contributed by atoms with E-state index in [0.29, 0.717) is 30.0 Å². The largest absolute Gasteiger partial charge is 0.378 e. The molecule has 134 valence electrons. The highest BCUT2D eigenvalue weighted by Crippen LogP contribution is 2.19. The molecular weight excluding hydrogens is 302 g/mol. The van der Waals surface area contributed by atoms with Crippen molar-refractivity contribution >= 4 is 12.1 Å². The number of nitrogens with zero attached hydrogens (tertiary/aromatic N) is 1. The molecule has 0 amide bonds. The van der Waals surface area contributed by atoms with Crippen LogP contribution in [0.5, 0.6) is 0 Å². The molecule has 1 fully saturated rings. The number of carbonyl (C=O) groups is 1. The number of methoxy groups -OCH3 is 1. The van der Waals surface area contributed by atoms with Gasteiger partial charge in [0.15, 0.2) is 6.29 Å². The Kier molecular flexibility index (Phi) is 7.66. The molecule has 1 saturated carbocycles. The van der Waals surface area contributed by atoms with E-state index < -0.39 is 0 Å². The van der Waals surface area contributed by atoms with Crippen molar-refractivity contribution in [3.05, 3.63) is 23.4 Å². The fraction of sp³-hybridized carbons (Fsp3) is 0.684. The number of anilines is 1. The molecule has 0 spiro atoms. The molecule has 2 unspecified atom stereocenters. The SMILES string of the molecule is CCC(NC1CCCCC1)C(CNc1ncc(C)cc1C=O)OC. The zero-order valence-corrected chi connectivity index (χ0v) is 15.2. The minimum atomic E-state index is 0.0412. The smallest absolute Gasteiger partial charge is 0.153 e. The van der Waals surface area contributed by atoms with Gasteiger partial charge in [0, 0.05) is 31.9 Å². The Labute approximate surface area is 145 Å². The summed E-state index contributed by atoms with van der Waals surface area (Å²) in [6, 6.07) is 2.75. The lowest BCUT2D eigenvalue weighted by Gasteiger charge is -2.32. The predicted molar refractivity (Wildman–Crippen MR) is 97.7 cm³/mol. The number of hydrogen-bond acceptors (Lipinski definition) is 5. The molecule has 1 aliphatic rings. The normalized spacial score (nSPS) is 18.1. The van der Waals surface area contributed by atoms with E-state index in [9.17, 15) is 4.79 Å². The Bertz CT molecular complexity index is 515. The van der Waals surface area contributed by atoms with E-state index in [1.165, 1.54) is 32.1 Å². The molecule has 2 atom stereocenters. The average molecular weight is 333 g/mol. The lowest BCUT2D eigenvalue weighted by Crippen LogP contribution is -2.49. The molecule has 2 rings (SSSR count). The number of aryl methyl sites for hydroxylation is 1. The highest BCUT2D eigenvalue weighted by atomic mass is 16.5. The molecule has 5 nitrogen and oxygen atoms in total. The van der Waals surface area contributed by atoms with Gasteiger partial charge >= 0.3 is 0 Å². The molecule has 1 aliphatic carbocycles. The summed E-state index contributed by atoms with van der Waals surface area (Å²) < 4.78 is 5.72. The van der Waals surface area contributed by atoms with Gasteiger partial charge < -0.3 is 15.4 Å². The van der Waals surface area contributed by atoms with Gasteiger partial charge in [-0.1, -0.05) is 26.2 Å². The van der Waals surface area contributed by atoms with Crippen molar-refractivity contribution in [2.45, 2.75) is 70.6 Å². The first-order valence-electron chi connectivity index (χ1n) is 9.12. The quantitative estimate of drug-likeness (QED) is 0.679. The summed E-state index contributed by atoms with van der Waals surface area (Å²) in [5.41, 5.74) is 1.58. The van der Waals surface area contributed by atoms with Crippen molar-refractivity contribution in [2.75, 3.05) is 19.0 Å². The number of ether oxygens (including phenoxy) is 1. The van der Waals surface area contributed by atoms with E-state index in [-0.39, 0.29) is 6.10 Å². The molecule has 1 aromatic rings. The van der Waals surface area contributed by atoms with Crippen molar-refractivity contribution < 1.29 is 9.53 Å². The standard InChI is InChI=1S/C19H31N3O2/c1-4-17(22-16-8-6-5-7-9-16)18(24-3)12-21-19-15(13-23)10-14(2)11-20-19/h10-11,13,16-18,22H,4-9,12H2,1-3H3,(H,20,21). The van der Waals surface area contributed by atoms with E-state index in [0.717, 1.165) is 18.3 Å². The maximum Gasteiger partial charge on any atom is 0.153 e. The maximum absolute atomic E-state index is 11.2. The van der Waals surface area contributed by atoms with E-state index in [4.69, 9.17) is 4.74 Å². The van der Waals surface area contributed by atoms with Crippen molar-refractivity contribution in [3.8, 4) is 0 Å². The van der Waals surface area contributed by atoms with E-state index >= 15 is 0 Å². The summed E-state index contributed by atoms with van der Waals surface area (Å²) in [5.74, 6) is 0.630. The summed E-state index contributed by atoms with van der Waals surface area (Å²) in [5, 5.41) is 7.06. The summed E-state index contributed by atoms with van der Waals surface area (Å²) in [7, 11) is 1.75. The molecule has 0 radical (unpaired) electrons. The number of aromatic nitrogens is 1. The van der Waals surface area contributed by atoms with Gasteiger partial charge in [0.1, 0.15) is 5.82 Å². The third-order valence-corrected chi connectivity index (χ3v) is 4.90. The number of nitrogens with one attached hydrogen (secondary N) is 2. The molecule has 0 saturated heterocycles. The van der Waals surface area contributed by atoms with Crippen LogP contribution in [0.1, 0.15) is 61.4 Å². The average Bonchev–Trinajstić information content (AvgIpc) is 2.62. The van der Waals surface area contributed by atoms with Crippen molar-refractivity contribution in [3.63, 3.8) is 0 Å². The summed E-state index contributed by atoms with van der Waals surface area (Å²) >= 11 is 0. The third kappa shape index (κ3) is 5.28. The van der Waals surface area contributed by atoms with Crippen LogP contribution in [0.2, 0.25) is 0 Å². The number of carbonyl (C=O) groups excluding carboxylic acids is 1. The van der Waals surface area contributed by atoms with Gasteiger partial charge in [-0.3, -0.25) is 4.79 Å². The van der Waals surface area contributed by atoms with Crippen molar-refractivity contribution in [1.29, 1.82) is 0 Å². The molecule has 5 heteroatoms. The number of rotatable bonds is 9. The van der Waals surface area contributed by atoms with Gasteiger partial charge in [-0.2, -0.15) is 0 Å². The first-order valence-corrected chi connectivity index (χ1v) is 9.12. The first kappa shape index (κ1) is 18.9. The molecular formula is C19H31N3O2. The van der Waals surface area contributed by atoms with E-state index in [2.05, 4.69) is 22.5 Å². The molecule has 1 heterocycles. The zero-order valence-electron chi connectivity index (χ0n) is 15.2. The summed E-state index contributed by atoms with van der Waals surface area (Å²) in [4.78, 5) is 15.6. The fourth-order valence-corrected chi connectivity index (χ4v) is 3.48. The molecule has 24 heavy (non-hydrogen) atoms. The lowest BCUT2D eigenvalue weighted by molar-refractivity contribution is 0.0699.